The first-order chi connectivity index (χ1) is 13.2. The molecule has 2 aromatic rings. The molecule has 0 unspecified atom stereocenters. The van der Waals surface area contributed by atoms with E-state index in [0.717, 1.165) is 12.1 Å². The highest BCUT2D eigenvalue weighted by Gasteiger charge is 2.18. The Balaban J connectivity index is 1.58. The summed E-state index contributed by atoms with van der Waals surface area (Å²) in [7, 11) is 3.09. The van der Waals surface area contributed by atoms with Crippen molar-refractivity contribution in [3.8, 4) is 11.5 Å². The Hall–Kier alpha value is -2.53. The third-order valence-electron chi connectivity index (χ3n) is 5.01. The lowest BCUT2D eigenvalue weighted by Crippen LogP contribution is -2.20. The molecule has 0 aromatic heterocycles. The summed E-state index contributed by atoms with van der Waals surface area (Å²) in [6, 6.07) is 13.4. The Labute approximate surface area is 161 Å². The van der Waals surface area contributed by atoms with Crippen LogP contribution in [0.4, 0.5) is 5.69 Å². The van der Waals surface area contributed by atoms with Crippen LogP contribution in [0.1, 0.15) is 35.2 Å². The molecule has 5 heteroatoms. The molecule has 27 heavy (non-hydrogen) atoms. The number of carbonyl (C=O) groups excluding carboxylic acids is 1. The van der Waals surface area contributed by atoms with Crippen LogP contribution in [-0.4, -0.2) is 44.7 Å². The van der Waals surface area contributed by atoms with Gasteiger partial charge in [-0.15, -0.1) is 0 Å². The minimum Gasteiger partial charge on any atom is -0.496 e. The maximum Gasteiger partial charge on any atom is 0.263 e. The Morgan fingerprint density at radius 1 is 1.00 bits per heavy atom. The Morgan fingerprint density at radius 3 is 2.22 bits per heavy atom. The van der Waals surface area contributed by atoms with Crippen molar-refractivity contribution in [3.63, 3.8) is 0 Å². The fourth-order valence-electron chi connectivity index (χ4n) is 3.54. The number of likely N-dealkylation sites (tertiary alicyclic amines) is 1. The average Bonchev–Trinajstić information content (AvgIpc) is 3.22. The molecule has 0 saturated carbocycles. The molecule has 1 aliphatic heterocycles. The van der Waals surface area contributed by atoms with Crippen molar-refractivity contribution in [2.24, 2.45) is 0 Å². The molecule has 3 rings (SSSR count). The lowest BCUT2D eigenvalue weighted by molar-refractivity contribution is 0.102. The van der Waals surface area contributed by atoms with E-state index in [1.807, 2.05) is 12.1 Å². The normalized spacial score (nSPS) is 14.1. The van der Waals surface area contributed by atoms with Crippen molar-refractivity contribution in [1.29, 1.82) is 0 Å². The molecular formula is C22H28N2O3. The number of amides is 1. The molecule has 1 aliphatic rings. The zero-order valence-corrected chi connectivity index (χ0v) is 16.2. The molecule has 1 amide bonds. The first kappa shape index (κ1) is 19.2. The highest BCUT2D eigenvalue weighted by molar-refractivity contribution is 6.08. The van der Waals surface area contributed by atoms with E-state index in [-0.39, 0.29) is 5.91 Å². The van der Waals surface area contributed by atoms with Crippen molar-refractivity contribution < 1.29 is 14.3 Å². The summed E-state index contributed by atoms with van der Waals surface area (Å²) < 4.78 is 10.6. The standard InChI is InChI=1S/C22H28N2O3/c1-26-19-8-5-9-20(27-2)21(19)22(25)23-18-12-10-17(11-13-18)7-6-16-24-14-3-4-15-24/h5,8-13H,3-4,6-7,14-16H2,1-2H3,(H,23,25). The number of anilines is 1. The second-order valence-electron chi connectivity index (χ2n) is 6.84. The first-order valence-electron chi connectivity index (χ1n) is 9.55. The maximum atomic E-state index is 12.7. The van der Waals surface area contributed by atoms with E-state index in [1.54, 1.807) is 32.4 Å². The number of ether oxygens (including phenoxy) is 2. The van der Waals surface area contributed by atoms with Crippen LogP contribution in [0.25, 0.3) is 0 Å². The van der Waals surface area contributed by atoms with Gasteiger partial charge in [-0.05, 0) is 75.1 Å². The van der Waals surface area contributed by atoms with Crippen LogP contribution in [0, 0.1) is 0 Å². The van der Waals surface area contributed by atoms with E-state index in [1.165, 1.54) is 44.5 Å². The van der Waals surface area contributed by atoms with Crippen LogP contribution < -0.4 is 14.8 Å². The summed E-state index contributed by atoms with van der Waals surface area (Å²) in [5.41, 5.74) is 2.45. The largest absolute Gasteiger partial charge is 0.496 e. The predicted octanol–water partition coefficient (Wildman–Crippen LogP) is 3.98. The summed E-state index contributed by atoms with van der Waals surface area (Å²) in [5.74, 6) is 0.738. The fourth-order valence-corrected chi connectivity index (χ4v) is 3.54. The molecule has 1 N–H and O–H groups in total. The number of nitrogens with one attached hydrogen (secondary N) is 1. The number of hydrogen-bond acceptors (Lipinski definition) is 4. The van der Waals surface area contributed by atoms with Gasteiger partial charge in [0.25, 0.3) is 5.91 Å². The topological polar surface area (TPSA) is 50.8 Å². The van der Waals surface area contributed by atoms with Gasteiger partial charge in [0.05, 0.1) is 14.2 Å². The van der Waals surface area contributed by atoms with Gasteiger partial charge in [-0.3, -0.25) is 4.79 Å². The number of nitrogens with zero attached hydrogens (tertiary/aromatic N) is 1. The zero-order chi connectivity index (χ0) is 19.1. The number of carbonyl (C=O) groups is 1. The summed E-state index contributed by atoms with van der Waals surface area (Å²) in [6.07, 6.45) is 4.91. The monoisotopic (exact) mass is 368 g/mol. The van der Waals surface area contributed by atoms with Gasteiger partial charge in [0.15, 0.2) is 0 Å². The highest BCUT2D eigenvalue weighted by atomic mass is 16.5. The van der Waals surface area contributed by atoms with Crippen molar-refractivity contribution in [2.75, 3.05) is 39.2 Å². The minimum atomic E-state index is -0.244. The van der Waals surface area contributed by atoms with Crippen molar-refractivity contribution in [2.45, 2.75) is 25.7 Å². The number of aryl methyl sites for hydroxylation is 1. The van der Waals surface area contributed by atoms with Crippen LogP contribution in [0.15, 0.2) is 42.5 Å². The zero-order valence-electron chi connectivity index (χ0n) is 16.2. The van der Waals surface area contributed by atoms with Crippen molar-refractivity contribution in [1.82, 2.24) is 4.90 Å². The van der Waals surface area contributed by atoms with Crippen LogP contribution >= 0.6 is 0 Å². The molecule has 144 valence electrons. The van der Waals surface area contributed by atoms with Crippen LogP contribution in [-0.2, 0) is 6.42 Å². The van der Waals surface area contributed by atoms with Gasteiger partial charge in [-0.2, -0.15) is 0 Å². The van der Waals surface area contributed by atoms with E-state index in [4.69, 9.17) is 9.47 Å². The number of hydrogen-bond donors (Lipinski definition) is 1. The number of rotatable bonds is 8. The molecule has 1 saturated heterocycles. The molecule has 0 atom stereocenters. The Bertz CT molecular complexity index is 730. The summed E-state index contributed by atoms with van der Waals surface area (Å²) in [5, 5.41) is 2.93. The van der Waals surface area contributed by atoms with Gasteiger partial charge in [0.1, 0.15) is 17.1 Å². The van der Waals surface area contributed by atoms with E-state index in [0.29, 0.717) is 17.1 Å². The van der Waals surface area contributed by atoms with Crippen LogP contribution in [0.3, 0.4) is 0 Å². The molecule has 0 aliphatic carbocycles. The average molecular weight is 368 g/mol. The second kappa shape index (κ2) is 9.42. The fraction of sp³-hybridized carbons (Fsp3) is 0.409. The Kier molecular flexibility index (Phi) is 6.71. The number of methoxy groups -OCH3 is 2. The van der Waals surface area contributed by atoms with Crippen LogP contribution in [0.2, 0.25) is 0 Å². The van der Waals surface area contributed by atoms with Gasteiger partial charge in [0.2, 0.25) is 0 Å². The lowest BCUT2D eigenvalue weighted by atomic mass is 10.1. The SMILES string of the molecule is COc1cccc(OC)c1C(=O)Nc1ccc(CCCN2CCCC2)cc1. The number of benzene rings is 2. The Morgan fingerprint density at radius 2 is 1.63 bits per heavy atom. The molecular weight excluding hydrogens is 340 g/mol. The molecule has 1 heterocycles. The van der Waals surface area contributed by atoms with Gasteiger partial charge in [-0.25, -0.2) is 0 Å². The lowest BCUT2D eigenvalue weighted by Gasteiger charge is -2.14. The third-order valence-corrected chi connectivity index (χ3v) is 5.01. The molecule has 0 radical (unpaired) electrons. The molecule has 5 nitrogen and oxygen atoms in total. The van der Waals surface area contributed by atoms with Gasteiger partial charge in [-0.1, -0.05) is 18.2 Å². The second-order valence-corrected chi connectivity index (χ2v) is 6.84. The van der Waals surface area contributed by atoms with E-state index >= 15 is 0 Å². The summed E-state index contributed by atoms with van der Waals surface area (Å²) in [4.78, 5) is 15.2. The smallest absolute Gasteiger partial charge is 0.263 e. The van der Waals surface area contributed by atoms with E-state index in [2.05, 4.69) is 22.3 Å². The van der Waals surface area contributed by atoms with Gasteiger partial charge < -0.3 is 19.7 Å². The van der Waals surface area contributed by atoms with Crippen molar-refractivity contribution >= 4 is 11.6 Å². The summed E-state index contributed by atoms with van der Waals surface area (Å²) >= 11 is 0. The quantitative estimate of drug-likeness (QED) is 0.766. The van der Waals surface area contributed by atoms with E-state index < -0.39 is 0 Å². The maximum absolute atomic E-state index is 12.7. The summed E-state index contributed by atoms with van der Waals surface area (Å²) in [6.45, 7) is 3.67. The minimum absolute atomic E-state index is 0.244. The van der Waals surface area contributed by atoms with Gasteiger partial charge >= 0.3 is 0 Å². The molecule has 0 bridgehead atoms. The van der Waals surface area contributed by atoms with E-state index in [9.17, 15) is 4.79 Å². The molecule has 0 spiro atoms. The molecule has 1 fully saturated rings. The highest BCUT2D eigenvalue weighted by Crippen LogP contribution is 2.29. The first-order valence-corrected chi connectivity index (χ1v) is 9.55. The third kappa shape index (κ3) is 5.01. The molecule has 2 aromatic carbocycles. The van der Waals surface area contributed by atoms with Gasteiger partial charge in [0, 0.05) is 5.69 Å². The van der Waals surface area contributed by atoms with Crippen LogP contribution in [0.5, 0.6) is 11.5 Å². The van der Waals surface area contributed by atoms with Crippen molar-refractivity contribution in [3.05, 3.63) is 53.6 Å². The predicted molar refractivity (Wildman–Crippen MR) is 108 cm³/mol.